The van der Waals surface area contributed by atoms with Crippen LogP contribution in [-0.2, 0) is 4.79 Å². The predicted molar refractivity (Wildman–Crippen MR) is 121 cm³/mol. The molecule has 172 valence electrons. The molecule has 33 heavy (non-hydrogen) atoms. The molecule has 5 rings (SSSR count). The average molecular weight is 450 g/mol. The van der Waals surface area contributed by atoms with Crippen LogP contribution in [-0.4, -0.2) is 70.6 Å². The van der Waals surface area contributed by atoms with E-state index < -0.39 is 11.7 Å². The molecule has 0 bridgehead atoms. The lowest BCUT2D eigenvalue weighted by molar-refractivity contribution is -0.143. The third-order valence-electron chi connectivity index (χ3n) is 6.38. The second-order valence-electron chi connectivity index (χ2n) is 9.03. The van der Waals surface area contributed by atoms with Gasteiger partial charge in [-0.15, -0.1) is 0 Å². The fourth-order valence-electron chi connectivity index (χ4n) is 4.00. The minimum atomic E-state index is -1.16. The highest BCUT2D eigenvalue weighted by Crippen LogP contribution is 2.37. The van der Waals surface area contributed by atoms with Gasteiger partial charge >= 0.3 is 6.09 Å². The fraction of sp³-hybridized carbons (Fsp3) is 0.400. The van der Waals surface area contributed by atoms with E-state index in [4.69, 9.17) is 4.74 Å². The summed E-state index contributed by atoms with van der Waals surface area (Å²) in [5.41, 5.74) is 1.21. The van der Waals surface area contributed by atoms with E-state index in [-0.39, 0.29) is 17.9 Å². The molecule has 2 N–H and O–H groups in total. The highest BCUT2D eigenvalue weighted by atomic mass is 16.6. The largest absolute Gasteiger partial charge is 0.412 e. The van der Waals surface area contributed by atoms with Crippen LogP contribution in [0.25, 0.3) is 11.1 Å². The SMILES string of the molecule is O=C(NC1CC1)Oc1cccc(-c2ccc(C(=O)N3CCN(C(=O)C4(O)CC4)CC3)cc2)c1. The zero-order valence-corrected chi connectivity index (χ0v) is 18.3. The average Bonchev–Trinajstić information content (AvgIpc) is 3.77. The summed E-state index contributed by atoms with van der Waals surface area (Å²) in [6, 6.07) is 14.8. The molecule has 2 aromatic rings. The van der Waals surface area contributed by atoms with E-state index in [1.807, 2.05) is 24.3 Å². The molecule has 0 atom stereocenters. The van der Waals surface area contributed by atoms with Gasteiger partial charge in [0.15, 0.2) is 0 Å². The molecule has 3 aliphatic rings. The van der Waals surface area contributed by atoms with Gasteiger partial charge in [-0.2, -0.15) is 0 Å². The molecular weight excluding hydrogens is 422 g/mol. The first-order valence-electron chi connectivity index (χ1n) is 11.4. The van der Waals surface area contributed by atoms with Crippen molar-refractivity contribution in [3.8, 4) is 16.9 Å². The Kier molecular flexibility index (Phi) is 5.54. The molecule has 2 saturated carbocycles. The predicted octanol–water partition coefficient (Wildman–Crippen LogP) is 2.41. The van der Waals surface area contributed by atoms with Crippen molar-refractivity contribution in [1.29, 1.82) is 0 Å². The minimum Gasteiger partial charge on any atom is -0.410 e. The van der Waals surface area contributed by atoms with Crippen LogP contribution in [0.2, 0.25) is 0 Å². The van der Waals surface area contributed by atoms with Gasteiger partial charge in [0, 0.05) is 37.8 Å². The Morgan fingerprint density at radius 3 is 2.21 bits per heavy atom. The second-order valence-corrected chi connectivity index (χ2v) is 9.03. The van der Waals surface area contributed by atoms with Gasteiger partial charge in [0.25, 0.3) is 11.8 Å². The first-order chi connectivity index (χ1) is 15.9. The summed E-state index contributed by atoms with van der Waals surface area (Å²) in [7, 11) is 0. The van der Waals surface area contributed by atoms with E-state index in [1.54, 1.807) is 34.1 Å². The van der Waals surface area contributed by atoms with Crippen LogP contribution in [0.3, 0.4) is 0 Å². The molecule has 3 amide bonds. The lowest BCUT2D eigenvalue weighted by atomic mass is 10.0. The molecule has 3 fully saturated rings. The molecule has 2 aliphatic carbocycles. The molecule has 1 heterocycles. The topological polar surface area (TPSA) is 99.2 Å². The van der Waals surface area contributed by atoms with Gasteiger partial charge in [0.05, 0.1) is 0 Å². The number of amides is 3. The first-order valence-corrected chi connectivity index (χ1v) is 11.4. The van der Waals surface area contributed by atoms with Crippen LogP contribution in [0.1, 0.15) is 36.0 Å². The third-order valence-corrected chi connectivity index (χ3v) is 6.38. The van der Waals surface area contributed by atoms with Gasteiger partial charge in [-0.1, -0.05) is 24.3 Å². The van der Waals surface area contributed by atoms with Crippen LogP contribution in [0.15, 0.2) is 48.5 Å². The zero-order chi connectivity index (χ0) is 23.0. The normalized spacial score (nSPS) is 19.1. The van der Waals surface area contributed by atoms with Crippen molar-refractivity contribution in [2.75, 3.05) is 26.2 Å². The maximum Gasteiger partial charge on any atom is 0.412 e. The zero-order valence-electron chi connectivity index (χ0n) is 18.3. The van der Waals surface area contributed by atoms with Crippen molar-refractivity contribution < 1.29 is 24.2 Å². The Balaban J connectivity index is 1.19. The van der Waals surface area contributed by atoms with Crippen molar-refractivity contribution in [2.24, 2.45) is 0 Å². The molecule has 1 saturated heterocycles. The Labute approximate surface area is 192 Å². The van der Waals surface area contributed by atoms with Crippen LogP contribution in [0.4, 0.5) is 4.79 Å². The molecule has 8 nitrogen and oxygen atoms in total. The van der Waals surface area contributed by atoms with Crippen molar-refractivity contribution >= 4 is 17.9 Å². The smallest absolute Gasteiger partial charge is 0.410 e. The number of hydrogen-bond donors (Lipinski definition) is 2. The van der Waals surface area contributed by atoms with Gasteiger partial charge in [0.2, 0.25) is 0 Å². The standard InChI is InChI=1S/C25H27N3O5/c29-22(27-12-14-28(15-13-27)23(30)25(32)10-11-25)18-6-4-17(5-7-18)19-2-1-3-21(16-19)33-24(31)26-20-8-9-20/h1-7,16,20,32H,8-15H2,(H,26,31). The number of piperazine rings is 1. The van der Waals surface area contributed by atoms with Crippen LogP contribution < -0.4 is 10.1 Å². The first kappa shape index (κ1) is 21.5. The molecule has 2 aromatic carbocycles. The summed E-state index contributed by atoms with van der Waals surface area (Å²) in [6.45, 7) is 1.77. The van der Waals surface area contributed by atoms with Gasteiger partial charge in [-0.25, -0.2) is 4.79 Å². The number of hydrogen-bond acceptors (Lipinski definition) is 5. The van der Waals surface area contributed by atoms with Crippen molar-refractivity contribution in [3.05, 3.63) is 54.1 Å². The number of aliphatic hydroxyl groups is 1. The number of carbonyl (C=O) groups excluding carboxylic acids is 3. The van der Waals surface area contributed by atoms with Crippen molar-refractivity contribution in [1.82, 2.24) is 15.1 Å². The second kappa shape index (κ2) is 8.51. The highest BCUT2D eigenvalue weighted by molar-refractivity contribution is 5.95. The fourth-order valence-corrected chi connectivity index (χ4v) is 4.00. The van der Waals surface area contributed by atoms with Crippen LogP contribution >= 0.6 is 0 Å². The lowest BCUT2D eigenvalue weighted by Gasteiger charge is -2.35. The lowest BCUT2D eigenvalue weighted by Crippen LogP contribution is -2.53. The van der Waals surface area contributed by atoms with E-state index in [0.29, 0.717) is 50.3 Å². The highest BCUT2D eigenvalue weighted by Gasteiger charge is 2.50. The quantitative estimate of drug-likeness (QED) is 0.731. The maximum atomic E-state index is 12.9. The number of rotatable bonds is 5. The number of nitrogens with zero attached hydrogens (tertiary/aromatic N) is 2. The summed E-state index contributed by atoms with van der Waals surface area (Å²) in [5.74, 6) is 0.178. The van der Waals surface area contributed by atoms with Gasteiger partial charge in [0.1, 0.15) is 11.4 Å². The van der Waals surface area contributed by atoms with Gasteiger partial charge < -0.3 is 25.0 Å². The van der Waals surface area contributed by atoms with Crippen LogP contribution in [0, 0.1) is 0 Å². The summed E-state index contributed by atoms with van der Waals surface area (Å²) in [4.78, 5) is 40.5. The summed E-state index contributed by atoms with van der Waals surface area (Å²) in [6.07, 6.45) is 2.61. The van der Waals surface area contributed by atoms with Gasteiger partial charge in [-0.3, -0.25) is 9.59 Å². The van der Waals surface area contributed by atoms with Crippen LogP contribution in [0.5, 0.6) is 5.75 Å². The van der Waals surface area contributed by atoms with Gasteiger partial charge in [-0.05, 0) is 61.1 Å². The van der Waals surface area contributed by atoms with Crippen molar-refractivity contribution in [2.45, 2.75) is 37.3 Å². The van der Waals surface area contributed by atoms with Crippen molar-refractivity contribution in [3.63, 3.8) is 0 Å². The molecular formula is C25H27N3O5. The molecule has 0 spiro atoms. The van der Waals surface area contributed by atoms with E-state index in [1.165, 1.54) is 0 Å². The summed E-state index contributed by atoms with van der Waals surface area (Å²) < 4.78 is 5.36. The molecule has 0 radical (unpaired) electrons. The molecule has 1 aliphatic heterocycles. The number of benzene rings is 2. The molecule has 0 unspecified atom stereocenters. The number of carbonyl (C=O) groups is 3. The molecule has 0 aromatic heterocycles. The number of ether oxygens (including phenoxy) is 1. The summed E-state index contributed by atoms with van der Waals surface area (Å²) in [5, 5.41) is 12.8. The Morgan fingerprint density at radius 1 is 0.909 bits per heavy atom. The Bertz CT molecular complexity index is 1070. The maximum absolute atomic E-state index is 12.9. The number of nitrogens with one attached hydrogen (secondary N) is 1. The monoisotopic (exact) mass is 449 g/mol. The Morgan fingerprint density at radius 2 is 1.58 bits per heavy atom. The van der Waals surface area contributed by atoms with E-state index in [2.05, 4.69) is 5.32 Å². The van der Waals surface area contributed by atoms with E-state index in [0.717, 1.165) is 24.0 Å². The minimum absolute atomic E-state index is 0.0763. The van der Waals surface area contributed by atoms with E-state index in [9.17, 15) is 19.5 Å². The summed E-state index contributed by atoms with van der Waals surface area (Å²) >= 11 is 0. The molecule has 8 heteroatoms. The third kappa shape index (κ3) is 4.85. The van der Waals surface area contributed by atoms with E-state index >= 15 is 0 Å². The Hall–Kier alpha value is -3.39.